The zero-order chi connectivity index (χ0) is 13.2. The Morgan fingerprint density at radius 3 is 2.79 bits per heavy atom. The molecule has 3 rings (SSSR count). The molecule has 0 atom stereocenters. The number of thiazole rings is 1. The maximum atomic E-state index is 13.8. The number of rotatable bonds is 3. The molecule has 0 spiro atoms. The molecule has 0 fully saturated rings. The summed E-state index contributed by atoms with van der Waals surface area (Å²) >= 11 is 2.79. The summed E-state index contributed by atoms with van der Waals surface area (Å²) in [5.74, 6) is -0.323. The van der Waals surface area contributed by atoms with Gasteiger partial charge in [0.05, 0.1) is 21.7 Å². The molecule has 1 N–H and O–H groups in total. The van der Waals surface area contributed by atoms with Crippen LogP contribution in [0.1, 0.15) is 5.56 Å². The van der Waals surface area contributed by atoms with E-state index in [-0.39, 0.29) is 12.4 Å². The molecule has 2 nitrogen and oxygen atoms in total. The highest BCUT2D eigenvalue weighted by Gasteiger charge is 2.12. The summed E-state index contributed by atoms with van der Waals surface area (Å²) in [7, 11) is 0. The van der Waals surface area contributed by atoms with Crippen molar-refractivity contribution in [1.82, 2.24) is 4.98 Å². The highest BCUT2D eigenvalue weighted by Crippen LogP contribution is 2.37. The number of fused-ring (bicyclic) bond motifs is 1. The van der Waals surface area contributed by atoms with Gasteiger partial charge in [-0.15, -0.1) is 11.3 Å². The van der Waals surface area contributed by atoms with Gasteiger partial charge in [0.2, 0.25) is 0 Å². The van der Waals surface area contributed by atoms with Crippen molar-refractivity contribution in [1.29, 1.82) is 0 Å². The summed E-state index contributed by atoms with van der Waals surface area (Å²) in [4.78, 5) is 4.91. The van der Waals surface area contributed by atoms with Crippen molar-refractivity contribution in [3.8, 4) is 0 Å². The van der Waals surface area contributed by atoms with E-state index in [0.29, 0.717) is 10.5 Å². The topological polar surface area (TPSA) is 33.1 Å². The molecule has 3 aromatic rings. The Morgan fingerprint density at radius 1 is 1.16 bits per heavy atom. The van der Waals surface area contributed by atoms with Crippen LogP contribution >= 0.6 is 23.1 Å². The van der Waals surface area contributed by atoms with Gasteiger partial charge in [0, 0.05) is 0 Å². The van der Waals surface area contributed by atoms with Crippen LogP contribution in [0.2, 0.25) is 0 Å². The summed E-state index contributed by atoms with van der Waals surface area (Å²) in [6.45, 7) is -0.176. The predicted molar refractivity (Wildman–Crippen MR) is 76.1 cm³/mol. The van der Waals surface area contributed by atoms with Gasteiger partial charge in [0.1, 0.15) is 5.82 Å². The first-order valence-electron chi connectivity index (χ1n) is 5.69. The average Bonchev–Trinajstić information content (AvgIpc) is 2.83. The first-order valence-corrected chi connectivity index (χ1v) is 7.33. The predicted octanol–water partition coefficient (Wildman–Crippen LogP) is 4.08. The summed E-state index contributed by atoms with van der Waals surface area (Å²) in [6, 6.07) is 12.5. The van der Waals surface area contributed by atoms with Crippen molar-refractivity contribution in [3.05, 3.63) is 53.8 Å². The Hall–Kier alpha value is -1.43. The highest BCUT2D eigenvalue weighted by molar-refractivity contribution is 8.01. The van der Waals surface area contributed by atoms with Gasteiger partial charge >= 0.3 is 0 Å². The monoisotopic (exact) mass is 291 g/mol. The van der Waals surface area contributed by atoms with Gasteiger partial charge in [0.15, 0.2) is 4.34 Å². The van der Waals surface area contributed by atoms with Crippen LogP contribution in [-0.4, -0.2) is 10.1 Å². The molecular formula is C14H10FNOS2. The Balaban J connectivity index is 2.01. The number of halogens is 1. The summed E-state index contributed by atoms with van der Waals surface area (Å²) in [5, 5.41) is 9.26. The number of nitrogens with zero attached hydrogens (tertiary/aromatic N) is 1. The third kappa shape index (κ3) is 2.49. The smallest absolute Gasteiger partial charge is 0.156 e. The van der Waals surface area contributed by atoms with E-state index in [1.807, 2.05) is 24.3 Å². The Labute approximate surface area is 117 Å². The van der Waals surface area contributed by atoms with Crippen molar-refractivity contribution >= 4 is 33.3 Å². The number of aliphatic hydroxyl groups excluding tert-OH is 1. The quantitative estimate of drug-likeness (QED) is 0.789. The lowest BCUT2D eigenvalue weighted by atomic mass is 10.2. The van der Waals surface area contributed by atoms with Gasteiger partial charge in [-0.3, -0.25) is 0 Å². The van der Waals surface area contributed by atoms with Crippen LogP contribution in [0.3, 0.4) is 0 Å². The van der Waals surface area contributed by atoms with Crippen LogP contribution in [0.25, 0.3) is 10.2 Å². The van der Waals surface area contributed by atoms with Crippen LogP contribution in [0.5, 0.6) is 0 Å². The Bertz CT molecular complexity index is 693. The normalized spacial score (nSPS) is 11.1. The Kier molecular flexibility index (Phi) is 3.50. The molecule has 1 heterocycles. The number of hydrogen-bond donors (Lipinski definition) is 1. The molecule has 0 amide bonds. The second kappa shape index (κ2) is 5.28. The molecule has 0 aliphatic heterocycles. The van der Waals surface area contributed by atoms with Crippen molar-refractivity contribution in [2.45, 2.75) is 15.8 Å². The second-order valence-electron chi connectivity index (χ2n) is 3.94. The van der Waals surface area contributed by atoms with Gasteiger partial charge in [-0.25, -0.2) is 9.37 Å². The minimum Gasteiger partial charge on any atom is -0.392 e. The fourth-order valence-electron chi connectivity index (χ4n) is 1.77. The molecule has 0 aliphatic carbocycles. The molecule has 96 valence electrons. The second-order valence-corrected chi connectivity index (χ2v) is 6.22. The number of hydrogen-bond acceptors (Lipinski definition) is 4. The minimum atomic E-state index is -0.323. The van der Waals surface area contributed by atoms with E-state index in [2.05, 4.69) is 4.98 Å². The molecule has 19 heavy (non-hydrogen) atoms. The Morgan fingerprint density at radius 2 is 2.00 bits per heavy atom. The third-order valence-electron chi connectivity index (χ3n) is 2.68. The van der Waals surface area contributed by atoms with E-state index < -0.39 is 0 Å². The van der Waals surface area contributed by atoms with Crippen molar-refractivity contribution in [2.24, 2.45) is 0 Å². The summed E-state index contributed by atoms with van der Waals surface area (Å²) < 4.78 is 15.7. The lowest BCUT2D eigenvalue weighted by Gasteiger charge is -2.05. The summed E-state index contributed by atoms with van der Waals surface area (Å²) in [6.07, 6.45) is 0. The van der Waals surface area contributed by atoms with Crippen LogP contribution in [-0.2, 0) is 6.61 Å². The summed E-state index contributed by atoms with van der Waals surface area (Å²) in [5.41, 5.74) is 1.50. The molecule has 0 bridgehead atoms. The maximum Gasteiger partial charge on any atom is 0.156 e. The minimum absolute atomic E-state index is 0.176. The van der Waals surface area contributed by atoms with Crippen LogP contribution in [0.15, 0.2) is 51.7 Å². The van der Waals surface area contributed by atoms with E-state index in [9.17, 15) is 9.50 Å². The molecule has 1 aromatic heterocycles. The number of aromatic nitrogens is 1. The van der Waals surface area contributed by atoms with Crippen LogP contribution < -0.4 is 0 Å². The SMILES string of the molecule is OCc1cccc(F)c1Sc1nc2ccccc2s1. The van der Waals surface area contributed by atoms with Gasteiger partial charge in [-0.2, -0.15) is 0 Å². The average molecular weight is 291 g/mol. The molecule has 2 aromatic carbocycles. The molecule has 0 aliphatic rings. The molecule has 5 heteroatoms. The van der Waals surface area contributed by atoms with E-state index in [0.717, 1.165) is 14.6 Å². The first kappa shape index (κ1) is 12.6. The fraction of sp³-hybridized carbons (Fsp3) is 0.0714. The molecule has 0 unspecified atom stereocenters. The number of benzene rings is 2. The molecule has 0 radical (unpaired) electrons. The fourth-order valence-corrected chi connectivity index (χ4v) is 3.91. The van der Waals surface area contributed by atoms with E-state index >= 15 is 0 Å². The van der Waals surface area contributed by atoms with E-state index in [4.69, 9.17) is 0 Å². The maximum absolute atomic E-state index is 13.8. The van der Waals surface area contributed by atoms with Gasteiger partial charge in [0.25, 0.3) is 0 Å². The third-order valence-corrected chi connectivity index (χ3v) is 4.94. The zero-order valence-electron chi connectivity index (χ0n) is 9.84. The van der Waals surface area contributed by atoms with Crippen molar-refractivity contribution in [3.63, 3.8) is 0 Å². The van der Waals surface area contributed by atoms with Crippen LogP contribution in [0.4, 0.5) is 4.39 Å². The van der Waals surface area contributed by atoms with Crippen molar-refractivity contribution in [2.75, 3.05) is 0 Å². The standard InChI is InChI=1S/C14H10FNOS2/c15-10-5-3-4-9(8-17)13(10)19-14-16-11-6-1-2-7-12(11)18-14/h1-7,17H,8H2. The van der Waals surface area contributed by atoms with Gasteiger partial charge in [-0.1, -0.05) is 36.0 Å². The number of aliphatic hydroxyl groups is 1. The zero-order valence-corrected chi connectivity index (χ0v) is 11.5. The van der Waals surface area contributed by atoms with Gasteiger partial charge in [-0.05, 0) is 23.8 Å². The highest BCUT2D eigenvalue weighted by atomic mass is 32.2. The van der Waals surface area contributed by atoms with Gasteiger partial charge < -0.3 is 5.11 Å². The van der Waals surface area contributed by atoms with E-state index in [1.54, 1.807) is 12.1 Å². The molecular weight excluding hydrogens is 281 g/mol. The lowest BCUT2D eigenvalue weighted by Crippen LogP contribution is -1.90. The first-order chi connectivity index (χ1) is 9.28. The van der Waals surface area contributed by atoms with Crippen molar-refractivity contribution < 1.29 is 9.50 Å². The largest absolute Gasteiger partial charge is 0.392 e. The van der Waals surface area contributed by atoms with E-state index in [1.165, 1.54) is 29.2 Å². The number of para-hydroxylation sites is 1. The molecule has 0 saturated heterocycles. The molecule has 0 saturated carbocycles. The lowest BCUT2D eigenvalue weighted by molar-refractivity contribution is 0.277. The van der Waals surface area contributed by atoms with Crippen LogP contribution in [0, 0.1) is 5.82 Å².